The van der Waals surface area contributed by atoms with Gasteiger partial charge in [0.1, 0.15) is 0 Å². The molecule has 7 heteroatoms. The molecule has 98 valence electrons. The lowest BCUT2D eigenvalue weighted by molar-refractivity contribution is 0.470. The van der Waals surface area contributed by atoms with Crippen molar-refractivity contribution >= 4 is 10.0 Å². The fraction of sp³-hybridized carbons (Fsp3) is 0.333. The highest BCUT2D eigenvalue weighted by atomic mass is 32.2. The van der Waals surface area contributed by atoms with E-state index in [1.54, 1.807) is 6.07 Å². The van der Waals surface area contributed by atoms with Crippen LogP contribution in [0.3, 0.4) is 0 Å². The molecular weight excluding hydrogens is 264 g/mol. The summed E-state index contributed by atoms with van der Waals surface area (Å²) in [5, 5.41) is 17.5. The zero-order chi connectivity index (χ0) is 13.9. The van der Waals surface area contributed by atoms with Gasteiger partial charge < -0.3 is 4.90 Å². The van der Waals surface area contributed by atoms with Gasteiger partial charge in [-0.05, 0) is 24.6 Å². The first kappa shape index (κ1) is 13.3. The Bertz CT molecular complexity index is 657. The van der Waals surface area contributed by atoms with E-state index in [2.05, 4.69) is 4.72 Å². The van der Waals surface area contributed by atoms with Crippen molar-refractivity contribution in [3.63, 3.8) is 0 Å². The topological polar surface area (TPSA) is 97.0 Å². The van der Waals surface area contributed by atoms with Gasteiger partial charge in [-0.3, -0.25) is 0 Å². The molecule has 0 saturated carbocycles. The lowest BCUT2D eigenvalue weighted by Crippen LogP contribution is -2.36. The smallest absolute Gasteiger partial charge is 0.240 e. The molecule has 1 aromatic carbocycles. The molecule has 1 aliphatic heterocycles. The molecule has 6 nitrogen and oxygen atoms in total. The van der Waals surface area contributed by atoms with E-state index in [4.69, 9.17) is 10.5 Å². The van der Waals surface area contributed by atoms with Crippen LogP contribution in [0.2, 0.25) is 0 Å². The van der Waals surface area contributed by atoms with Crippen LogP contribution in [0.25, 0.3) is 0 Å². The first-order chi connectivity index (χ1) is 9.05. The van der Waals surface area contributed by atoms with Crippen LogP contribution in [0.4, 0.5) is 0 Å². The normalized spacial score (nSPS) is 18.8. The fourth-order valence-electron chi connectivity index (χ4n) is 1.97. The van der Waals surface area contributed by atoms with Gasteiger partial charge in [-0.15, -0.1) is 0 Å². The summed E-state index contributed by atoms with van der Waals surface area (Å²) in [5.74, 6) is 0. The van der Waals surface area contributed by atoms with E-state index < -0.39 is 10.0 Å². The molecular formula is C12H12N4O2S. The number of likely N-dealkylation sites (tertiary alicyclic amines) is 1. The lowest BCUT2D eigenvalue weighted by Gasteiger charge is -2.12. The van der Waals surface area contributed by atoms with Gasteiger partial charge in [-0.2, -0.15) is 10.5 Å². The predicted molar refractivity (Wildman–Crippen MR) is 67.1 cm³/mol. The van der Waals surface area contributed by atoms with Crippen LogP contribution < -0.4 is 4.72 Å². The zero-order valence-electron chi connectivity index (χ0n) is 10.1. The Kier molecular flexibility index (Phi) is 3.70. The van der Waals surface area contributed by atoms with E-state index in [0.29, 0.717) is 25.1 Å². The quantitative estimate of drug-likeness (QED) is 0.805. The summed E-state index contributed by atoms with van der Waals surface area (Å²) in [6.07, 6.45) is 2.60. The molecule has 1 saturated heterocycles. The van der Waals surface area contributed by atoms with Gasteiger partial charge in [-0.25, -0.2) is 13.1 Å². The van der Waals surface area contributed by atoms with Crippen molar-refractivity contribution in [3.8, 4) is 12.3 Å². The molecule has 0 amide bonds. The standard InChI is InChI=1S/C12H12N4O2S/c13-7-10-2-1-3-12(6-10)19(17,18)15-11-4-5-16(8-11)9-14/h1-3,6,11,15H,4-5,8H2/t11-/m1/s1. The number of nitrogens with one attached hydrogen (secondary N) is 1. The Balaban J connectivity index is 2.15. The molecule has 1 N–H and O–H groups in total. The van der Waals surface area contributed by atoms with Crippen LogP contribution in [0.15, 0.2) is 29.2 Å². The molecule has 0 aliphatic carbocycles. The van der Waals surface area contributed by atoms with E-state index in [9.17, 15) is 8.42 Å². The zero-order valence-corrected chi connectivity index (χ0v) is 10.9. The highest BCUT2D eigenvalue weighted by Gasteiger charge is 2.26. The average molecular weight is 276 g/mol. The molecule has 19 heavy (non-hydrogen) atoms. The number of hydrogen-bond donors (Lipinski definition) is 1. The van der Waals surface area contributed by atoms with Gasteiger partial charge in [0.2, 0.25) is 10.0 Å². The minimum absolute atomic E-state index is 0.0713. The highest BCUT2D eigenvalue weighted by molar-refractivity contribution is 7.89. The predicted octanol–water partition coefficient (Wildman–Crippen LogP) is 0.392. The number of nitriles is 2. The van der Waals surface area contributed by atoms with Gasteiger partial charge >= 0.3 is 0 Å². The molecule has 1 heterocycles. The number of benzene rings is 1. The summed E-state index contributed by atoms with van der Waals surface area (Å²) in [6, 6.07) is 7.49. The van der Waals surface area contributed by atoms with Crippen LogP contribution in [-0.2, 0) is 10.0 Å². The van der Waals surface area contributed by atoms with E-state index in [1.807, 2.05) is 12.3 Å². The number of hydrogen-bond acceptors (Lipinski definition) is 5. The monoisotopic (exact) mass is 276 g/mol. The Labute approximate surface area is 111 Å². The SMILES string of the molecule is N#Cc1cccc(S(=O)(=O)N[C@@H]2CCN(C#N)C2)c1. The van der Waals surface area contributed by atoms with Gasteiger partial charge in [0.25, 0.3) is 0 Å². The van der Waals surface area contributed by atoms with Crippen LogP contribution >= 0.6 is 0 Å². The summed E-state index contributed by atoms with van der Waals surface area (Å²) >= 11 is 0. The maximum absolute atomic E-state index is 12.1. The lowest BCUT2D eigenvalue weighted by atomic mass is 10.2. The summed E-state index contributed by atoms with van der Waals surface area (Å²) in [6.45, 7) is 0.940. The van der Waals surface area contributed by atoms with Crippen LogP contribution in [-0.4, -0.2) is 32.4 Å². The number of nitrogens with zero attached hydrogens (tertiary/aromatic N) is 3. The molecule has 1 fully saturated rings. The van der Waals surface area contributed by atoms with Crippen molar-refractivity contribution in [1.29, 1.82) is 10.5 Å². The molecule has 2 rings (SSSR count). The molecule has 0 radical (unpaired) electrons. The van der Waals surface area contributed by atoms with Gasteiger partial charge in [0.15, 0.2) is 6.19 Å². The number of sulfonamides is 1. The summed E-state index contributed by atoms with van der Waals surface area (Å²) in [7, 11) is -3.65. The first-order valence-corrected chi connectivity index (χ1v) is 7.20. The second kappa shape index (κ2) is 5.27. The van der Waals surface area contributed by atoms with Crippen LogP contribution in [0.1, 0.15) is 12.0 Å². The largest absolute Gasteiger partial charge is 0.309 e. The molecule has 0 bridgehead atoms. The maximum atomic E-state index is 12.1. The van der Waals surface area contributed by atoms with Crippen molar-refractivity contribution in [2.24, 2.45) is 0 Å². The minimum Gasteiger partial charge on any atom is -0.309 e. The fourth-order valence-corrected chi connectivity index (χ4v) is 3.27. The average Bonchev–Trinajstić information content (AvgIpc) is 2.85. The first-order valence-electron chi connectivity index (χ1n) is 5.72. The summed E-state index contributed by atoms with van der Waals surface area (Å²) in [5.41, 5.74) is 0.299. The van der Waals surface area contributed by atoms with Crippen molar-refractivity contribution < 1.29 is 8.42 Å². The Morgan fingerprint density at radius 3 is 2.79 bits per heavy atom. The highest BCUT2D eigenvalue weighted by Crippen LogP contribution is 2.14. The number of rotatable bonds is 3. The molecule has 1 aromatic rings. The maximum Gasteiger partial charge on any atom is 0.240 e. The van der Waals surface area contributed by atoms with Gasteiger partial charge in [-0.1, -0.05) is 6.07 Å². The second-order valence-corrected chi connectivity index (χ2v) is 6.01. The second-order valence-electron chi connectivity index (χ2n) is 4.29. The Hall–Kier alpha value is -2.09. The minimum atomic E-state index is -3.65. The summed E-state index contributed by atoms with van der Waals surface area (Å²) < 4.78 is 26.8. The van der Waals surface area contributed by atoms with Crippen molar-refractivity contribution in [2.45, 2.75) is 17.4 Å². The van der Waals surface area contributed by atoms with Crippen molar-refractivity contribution in [1.82, 2.24) is 9.62 Å². The molecule has 1 atom stereocenters. The van der Waals surface area contributed by atoms with E-state index in [-0.39, 0.29) is 10.9 Å². The molecule has 0 spiro atoms. The van der Waals surface area contributed by atoms with E-state index >= 15 is 0 Å². The van der Waals surface area contributed by atoms with Crippen molar-refractivity contribution in [2.75, 3.05) is 13.1 Å². The van der Waals surface area contributed by atoms with Crippen LogP contribution in [0, 0.1) is 22.8 Å². The third-order valence-corrected chi connectivity index (χ3v) is 4.44. The van der Waals surface area contributed by atoms with E-state index in [1.165, 1.54) is 23.1 Å². The van der Waals surface area contributed by atoms with Crippen LogP contribution in [0.5, 0.6) is 0 Å². The molecule has 0 unspecified atom stereocenters. The third-order valence-electron chi connectivity index (χ3n) is 2.92. The third kappa shape index (κ3) is 3.02. The van der Waals surface area contributed by atoms with Gasteiger partial charge in [0, 0.05) is 19.1 Å². The molecule has 0 aromatic heterocycles. The van der Waals surface area contributed by atoms with Gasteiger partial charge in [0.05, 0.1) is 16.5 Å². The summed E-state index contributed by atoms with van der Waals surface area (Å²) in [4.78, 5) is 1.58. The van der Waals surface area contributed by atoms with Crippen molar-refractivity contribution in [3.05, 3.63) is 29.8 Å². The Morgan fingerprint density at radius 2 is 2.16 bits per heavy atom. The van der Waals surface area contributed by atoms with E-state index in [0.717, 1.165) is 0 Å². The Morgan fingerprint density at radius 1 is 1.37 bits per heavy atom. The molecule has 1 aliphatic rings.